The zero-order chi connectivity index (χ0) is 13.9. The van der Waals surface area contributed by atoms with Crippen LogP contribution in [0.1, 0.15) is 19.3 Å². The van der Waals surface area contributed by atoms with Gasteiger partial charge in [0.15, 0.2) is 0 Å². The van der Waals surface area contributed by atoms with Crippen molar-refractivity contribution in [2.24, 2.45) is 5.92 Å². The number of carbonyl (C=O) groups excluding carboxylic acids is 1. The normalized spacial score (nSPS) is 23.1. The van der Waals surface area contributed by atoms with Crippen LogP contribution < -0.4 is 5.32 Å². The number of ether oxygens (including phenoxy) is 1. The largest absolute Gasteiger partial charge is 0.390 e. The molecule has 0 bridgehead atoms. The number of morpholine rings is 1. The standard InChI is InChI=1S/C12H19F3N2O2.ClH/c13-12(14,15)3-5-17(8-9-1-2-9)11(18)10-7-16-4-6-19-10;/h9-10,16H,1-8H2;1H. The lowest BCUT2D eigenvalue weighted by atomic mass is 10.2. The molecule has 1 atom stereocenters. The van der Waals surface area contributed by atoms with Gasteiger partial charge in [-0.1, -0.05) is 0 Å². The number of carbonyl (C=O) groups is 1. The van der Waals surface area contributed by atoms with Crippen LogP contribution in [0, 0.1) is 5.92 Å². The maximum atomic E-state index is 12.3. The molecule has 0 aromatic rings. The van der Waals surface area contributed by atoms with E-state index in [9.17, 15) is 18.0 Å². The molecular formula is C12H20ClF3N2O2. The number of hydrogen-bond acceptors (Lipinski definition) is 3. The SMILES string of the molecule is Cl.O=C(C1CNCCO1)N(CCC(F)(F)F)CC1CC1. The molecule has 1 aliphatic carbocycles. The maximum Gasteiger partial charge on any atom is 0.390 e. The van der Waals surface area contributed by atoms with Gasteiger partial charge in [-0.2, -0.15) is 13.2 Å². The molecule has 1 saturated carbocycles. The average molecular weight is 317 g/mol. The summed E-state index contributed by atoms with van der Waals surface area (Å²) in [4.78, 5) is 13.5. The van der Waals surface area contributed by atoms with E-state index >= 15 is 0 Å². The van der Waals surface area contributed by atoms with E-state index in [4.69, 9.17) is 4.74 Å². The highest BCUT2D eigenvalue weighted by molar-refractivity contribution is 5.85. The fraction of sp³-hybridized carbons (Fsp3) is 0.917. The molecule has 118 valence electrons. The maximum absolute atomic E-state index is 12.3. The molecule has 1 unspecified atom stereocenters. The van der Waals surface area contributed by atoms with E-state index in [-0.39, 0.29) is 24.9 Å². The summed E-state index contributed by atoms with van der Waals surface area (Å²) in [6.07, 6.45) is -3.82. The second-order valence-electron chi connectivity index (χ2n) is 5.16. The number of amides is 1. The molecule has 1 amide bonds. The molecule has 4 nitrogen and oxygen atoms in total. The van der Waals surface area contributed by atoms with Gasteiger partial charge in [0.25, 0.3) is 5.91 Å². The third-order valence-electron chi connectivity index (χ3n) is 3.36. The van der Waals surface area contributed by atoms with Crippen molar-refractivity contribution in [2.45, 2.75) is 31.5 Å². The summed E-state index contributed by atoms with van der Waals surface area (Å²) in [6.45, 7) is 1.64. The molecule has 0 aromatic carbocycles. The zero-order valence-corrected chi connectivity index (χ0v) is 11.9. The monoisotopic (exact) mass is 316 g/mol. The topological polar surface area (TPSA) is 41.6 Å². The summed E-state index contributed by atoms with van der Waals surface area (Å²) >= 11 is 0. The van der Waals surface area contributed by atoms with Crippen LogP contribution in [0.2, 0.25) is 0 Å². The van der Waals surface area contributed by atoms with Gasteiger partial charge in [-0.05, 0) is 18.8 Å². The van der Waals surface area contributed by atoms with Crippen molar-refractivity contribution in [1.82, 2.24) is 10.2 Å². The summed E-state index contributed by atoms with van der Waals surface area (Å²) in [5.41, 5.74) is 0. The molecule has 2 rings (SSSR count). The highest BCUT2D eigenvalue weighted by Gasteiger charge is 2.34. The van der Waals surface area contributed by atoms with E-state index in [0.29, 0.717) is 32.2 Å². The van der Waals surface area contributed by atoms with Crippen LogP contribution in [-0.4, -0.2) is 55.9 Å². The fourth-order valence-electron chi connectivity index (χ4n) is 2.09. The van der Waals surface area contributed by atoms with E-state index < -0.39 is 18.7 Å². The van der Waals surface area contributed by atoms with Gasteiger partial charge in [0, 0.05) is 26.2 Å². The van der Waals surface area contributed by atoms with Crippen molar-refractivity contribution in [3.05, 3.63) is 0 Å². The van der Waals surface area contributed by atoms with Crippen molar-refractivity contribution in [2.75, 3.05) is 32.8 Å². The van der Waals surface area contributed by atoms with Crippen LogP contribution in [0.15, 0.2) is 0 Å². The fourth-order valence-corrected chi connectivity index (χ4v) is 2.09. The lowest BCUT2D eigenvalue weighted by molar-refractivity contribution is -0.153. The summed E-state index contributed by atoms with van der Waals surface area (Å²) in [6, 6.07) is 0. The summed E-state index contributed by atoms with van der Waals surface area (Å²) < 4.78 is 42.2. The molecule has 2 fully saturated rings. The van der Waals surface area contributed by atoms with E-state index in [1.54, 1.807) is 0 Å². The Hall–Kier alpha value is -0.530. The number of halogens is 4. The number of nitrogens with one attached hydrogen (secondary N) is 1. The van der Waals surface area contributed by atoms with Gasteiger partial charge in [-0.3, -0.25) is 4.79 Å². The van der Waals surface area contributed by atoms with E-state index in [1.807, 2.05) is 0 Å². The minimum Gasteiger partial charge on any atom is -0.366 e. The molecule has 8 heteroatoms. The number of nitrogens with zero attached hydrogens (tertiary/aromatic N) is 1. The van der Waals surface area contributed by atoms with E-state index in [0.717, 1.165) is 12.8 Å². The Labute approximate surface area is 122 Å². The molecule has 1 heterocycles. The second kappa shape index (κ2) is 7.47. The lowest BCUT2D eigenvalue weighted by Gasteiger charge is -2.30. The molecule has 0 spiro atoms. The van der Waals surface area contributed by atoms with Gasteiger partial charge >= 0.3 is 6.18 Å². The lowest BCUT2D eigenvalue weighted by Crippen LogP contribution is -2.50. The van der Waals surface area contributed by atoms with Crippen molar-refractivity contribution >= 4 is 18.3 Å². The molecule has 2 aliphatic rings. The Kier molecular flexibility index (Phi) is 6.54. The third kappa shape index (κ3) is 5.85. The van der Waals surface area contributed by atoms with Crippen LogP contribution in [0.4, 0.5) is 13.2 Å². The van der Waals surface area contributed by atoms with Gasteiger partial charge in [-0.15, -0.1) is 12.4 Å². The zero-order valence-electron chi connectivity index (χ0n) is 11.1. The summed E-state index contributed by atoms with van der Waals surface area (Å²) in [5, 5.41) is 3.02. The second-order valence-corrected chi connectivity index (χ2v) is 5.16. The quantitative estimate of drug-likeness (QED) is 0.837. The summed E-state index contributed by atoms with van der Waals surface area (Å²) in [7, 11) is 0. The highest BCUT2D eigenvalue weighted by Crippen LogP contribution is 2.30. The van der Waals surface area contributed by atoms with Gasteiger partial charge in [-0.25, -0.2) is 0 Å². The van der Waals surface area contributed by atoms with Gasteiger partial charge in [0.2, 0.25) is 0 Å². The van der Waals surface area contributed by atoms with Crippen LogP contribution >= 0.6 is 12.4 Å². The predicted octanol–water partition coefficient (Wildman–Crippen LogP) is 1.59. The van der Waals surface area contributed by atoms with E-state index in [1.165, 1.54) is 4.90 Å². The molecule has 1 N–H and O–H groups in total. The molecule has 1 saturated heterocycles. The first-order chi connectivity index (χ1) is 8.96. The first-order valence-electron chi connectivity index (χ1n) is 6.63. The Morgan fingerprint density at radius 1 is 1.35 bits per heavy atom. The van der Waals surface area contributed by atoms with Crippen LogP contribution in [-0.2, 0) is 9.53 Å². The average Bonchev–Trinajstić information content (AvgIpc) is 3.17. The minimum atomic E-state index is -4.23. The molecule has 20 heavy (non-hydrogen) atoms. The Morgan fingerprint density at radius 2 is 2.05 bits per heavy atom. The van der Waals surface area contributed by atoms with Crippen molar-refractivity contribution < 1.29 is 22.7 Å². The molecule has 1 aliphatic heterocycles. The number of alkyl halides is 3. The van der Waals surface area contributed by atoms with Crippen LogP contribution in [0.25, 0.3) is 0 Å². The van der Waals surface area contributed by atoms with Gasteiger partial charge in [0.05, 0.1) is 13.0 Å². The number of rotatable bonds is 5. The predicted molar refractivity (Wildman–Crippen MR) is 69.8 cm³/mol. The number of hydrogen-bond donors (Lipinski definition) is 1. The minimum absolute atomic E-state index is 0. The first-order valence-corrected chi connectivity index (χ1v) is 6.63. The Bertz CT molecular complexity index is 318. The van der Waals surface area contributed by atoms with Gasteiger partial charge < -0.3 is 15.0 Å². The van der Waals surface area contributed by atoms with Crippen LogP contribution in [0.3, 0.4) is 0 Å². The van der Waals surface area contributed by atoms with Crippen LogP contribution in [0.5, 0.6) is 0 Å². The Balaban J connectivity index is 0.00000200. The first kappa shape index (κ1) is 17.5. The van der Waals surface area contributed by atoms with Crippen molar-refractivity contribution in [3.63, 3.8) is 0 Å². The summed E-state index contributed by atoms with van der Waals surface area (Å²) in [5.74, 6) is 0.0529. The van der Waals surface area contributed by atoms with E-state index in [2.05, 4.69) is 5.32 Å². The van der Waals surface area contributed by atoms with Crippen molar-refractivity contribution in [3.8, 4) is 0 Å². The molecule has 0 radical (unpaired) electrons. The highest BCUT2D eigenvalue weighted by atomic mass is 35.5. The smallest absolute Gasteiger partial charge is 0.366 e. The van der Waals surface area contributed by atoms with Crippen molar-refractivity contribution in [1.29, 1.82) is 0 Å². The third-order valence-corrected chi connectivity index (χ3v) is 3.36. The Morgan fingerprint density at radius 3 is 2.55 bits per heavy atom. The molecule has 0 aromatic heterocycles. The van der Waals surface area contributed by atoms with Gasteiger partial charge in [0.1, 0.15) is 6.10 Å². The molecular weight excluding hydrogens is 297 g/mol.